The number of aryl methyl sites for hydroxylation is 1. The molecule has 1 aromatic heterocycles. The van der Waals surface area contributed by atoms with Crippen LogP contribution in [0, 0.1) is 6.92 Å². The van der Waals surface area contributed by atoms with Crippen LogP contribution in [-0.2, 0) is 24.9 Å². The smallest absolute Gasteiger partial charge is 0.407 e. The molecule has 0 aliphatic heterocycles. The maximum atomic E-state index is 11.7. The summed E-state index contributed by atoms with van der Waals surface area (Å²) in [5.41, 5.74) is 1.96. The fourth-order valence-corrected chi connectivity index (χ4v) is 1.97. The van der Waals surface area contributed by atoms with E-state index < -0.39 is 12.1 Å². The molecule has 1 amide bonds. The summed E-state index contributed by atoms with van der Waals surface area (Å²) in [6, 6.07) is 9.29. The molecule has 2 N–H and O–H groups in total. The predicted octanol–water partition coefficient (Wildman–Crippen LogP) is 1.85. The number of benzene rings is 1. The molecule has 0 fully saturated rings. The summed E-state index contributed by atoms with van der Waals surface area (Å²) in [5, 5.41) is 15.5. The molecule has 0 aliphatic rings. The van der Waals surface area contributed by atoms with Gasteiger partial charge in [0.2, 0.25) is 0 Å². The van der Waals surface area contributed by atoms with Crippen LogP contribution in [0.25, 0.3) is 0 Å². The number of hydrogen-bond donors (Lipinski definition) is 2. The van der Waals surface area contributed by atoms with Gasteiger partial charge in [-0.2, -0.15) is 5.10 Å². The van der Waals surface area contributed by atoms with Gasteiger partial charge in [0.1, 0.15) is 6.61 Å². The number of alkyl carbamates (subject to hydrolysis) is 1. The summed E-state index contributed by atoms with van der Waals surface area (Å²) in [7, 11) is 1.65. The number of carboxylic acid groups (broad SMARTS) is 1. The Balaban J connectivity index is 1.93. The van der Waals surface area contributed by atoms with E-state index >= 15 is 0 Å². The van der Waals surface area contributed by atoms with Crippen molar-refractivity contribution < 1.29 is 19.4 Å². The van der Waals surface area contributed by atoms with Crippen LogP contribution in [0.5, 0.6) is 0 Å². The van der Waals surface area contributed by atoms with E-state index in [1.165, 1.54) is 4.68 Å². The molecule has 0 unspecified atom stereocenters. The molecule has 0 atom stereocenters. The third kappa shape index (κ3) is 3.63. The van der Waals surface area contributed by atoms with Gasteiger partial charge in [-0.1, -0.05) is 30.3 Å². The molecule has 22 heavy (non-hydrogen) atoms. The van der Waals surface area contributed by atoms with E-state index in [1.807, 2.05) is 30.3 Å². The fourth-order valence-electron chi connectivity index (χ4n) is 1.97. The number of nitrogens with zero attached hydrogens (tertiary/aromatic N) is 2. The van der Waals surface area contributed by atoms with E-state index in [1.54, 1.807) is 14.0 Å². The van der Waals surface area contributed by atoms with Crippen LogP contribution in [0.1, 0.15) is 27.3 Å². The number of nitrogens with one attached hydrogen (secondary N) is 1. The monoisotopic (exact) mass is 303 g/mol. The molecule has 2 aromatic rings. The zero-order valence-corrected chi connectivity index (χ0v) is 12.4. The first-order chi connectivity index (χ1) is 10.5. The lowest BCUT2D eigenvalue weighted by Crippen LogP contribution is -2.24. The van der Waals surface area contributed by atoms with Crippen molar-refractivity contribution >= 4 is 12.1 Å². The van der Waals surface area contributed by atoms with Crippen LogP contribution in [0.15, 0.2) is 30.3 Å². The molecular formula is C15H17N3O4. The summed E-state index contributed by atoms with van der Waals surface area (Å²) < 4.78 is 6.54. The molecule has 0 saturated heterocycles. The van der Waals surface area contributed by atoms with Gasteiger partial charge < -0.3 is 15.2 Å². The van der Waals surface area contributed by atoms with Crippen molar-refractivity contribution in [2.75, 3.05) is 0 Å². The number of amides is 1. The molecule has 2 rings (SSSR count). The van der Waals surface area contributed by atoms with Gasteiger partial charge in [0.25, 0.3) is 0 Å². The summed E-state index contributed by atoms with van der Waals surface area (Å²) in [6.07, 6.45) is -0.608. The lowest BCUT2D eigenvalue weighted by Gasteiger charge is -2.07. The van der Waals surface area contributed by atoms with E-state index in [2.05, 4.69) is 10.4 Å². The van der Waals surface area contributed by atoms with Gasteiger partial charge in [-0.25, -0.2) is 9.59 Å². The number of aromatic nitrogens is 2. The number of rotatable bonds is 5. The lowest BCUT2D eigenvalue weighted by atomic mass is 10.2. The van der Waals surface area contributed by atoms with Crippen molar-refractivity contribution in [1.82, 2.24) is 15.1 Å². The molecule has 0 spiro atoms. The Labute approximate surface area is 127 Å². The van der Waals surface area contributed by atoms with E-state index in [-0.39, 0.29) is 18.8 Å². The predicted molar refractivity (Wildman–Crippen MR) is 78.4 cm³/mol. The molecule has 0 bridgehead atoms. The highest BCUT2D eigenvalue weighted by molar-refractivity contribution is 5.87. The van der Waals surface area contributed by atoms with Crippen LogP contribution in [-0.4, -0.2) is 26.9 Å². The second-order valence-corrected chi connectivity index (χ2v) is 4.76. The van der Waals surface area contributed by atoms with E-state index in [9.17, 15) is 9.59 Å². The van der Waals surface area contributed by atoms with E-state index in [0.29, 0.717) is 11.3 Å². The molecule has 116 valence electrons. The summed E-state index contributed by atoms with van der Waals surface area (Å²) in [5.74, 6) is -1.13. The maximum absolute atomic E-state index is 11.7. The molecule has 0 aliphatic carbocycles. The number of carboxylic acids is 1. The van der Waals surface area contributed by atoms with Gasteiger partial charge in [-0.05, 0) is 12.5 Å². The molecule has 0 radical (unpaired) electrons. The average Bonchev–Trinajstić information content (AvgIpc) is 2.80. The minimum Gasteiger partial charge on any atom is -0.476 e. The molecule has 1 aromatic carbocycles. The second kappa shape index (κ2) is 6.75. The van der Waals surface area contributed by atoms with Crippen LogP contribution in [0.3, 0.4) is 0 Å². The van der Waals surface area contributed by atoms with Crippen molar-refractivity contribution in [3.8, 4) is 0 Å². The Kier molecular flexibility index (Phi) is 4.77. The zero-order chi connectivity index (χ0) is 16.1. The average molecular weight is 303 g/mol. The Bertz CT molecular complexity index is 680. The molecule has 1 heterocycles. The molecular weight excluding hydrogens is 286 g/mol. The third-order valence-electron chi connectivity index (χ3n) is 3.28. The van der Waals surface area contributed by atoms with Gasteiger partial charge in [0.05, 0.1) is 6.54 Å². The van der Waals surface area contributed by atoms with E-state index in [4.69, 9.17) is 9.84 Å². The van der Waals surface area contributed by atoms with Crippen LogP contribution in [0.2, 0.25) is 0 Å². The first-order valence-corrected chi connectivity index (χ1v) is 6.69. The Hall–Kier alpha value is -2.83. The minimum absolute atomic E-state index is 0.0505. The third-order valence-corrected chi connectivity index (χ3v) is 3.28. The van der Waals surface area contributed by atoms with Crippen LogP contribution < -0.4 is 5.32 Å². The van der Waals surface area contributed by atoms with Gasteiger partial charge in [0.15, 0.2) is 5.69 Å². The number of ether oxygens (including phenoxy) is 1. The number of carbonyl (C=O) groups is 2. The largest absolute Gasteiger partial charge is 0.476 e. The standard InChI is InChI=1S/C15H17N3O4/c1-10-12(13(14(19)20)17-18(10)2)8-16-15(21)22-9-11-6-4-3-5-7-11/h3-7H,8-9H2,1-2H3,(H,16,21)(H,19,20). The normalized spacial score (nSPS) is 10.3. The summed E-state index contributed by atoms with van der Waals surface area (Å²) in [6.45, 7) is 1.95. The Morgan fingerprint density at radius 2 is 2.00 bits per heavy atom. The SMILES string of the molecule is Cc1c(CNC(=O)OCc2ccccc2)c(C(=O)O)nn1C. The van der Waals surface area contributed by atoms with Crippen molar-refractivity contribution in [3.05, 3.63) is 52.8 Å². The van der Waals surface area contributed by atoms with Gasteiger partial charge in [0, 0.05) is 18.3 Å². The molecule has 7 heteroatoms. The van der Waals surface area contributed by atoms with Crippen LogP contribution >= 0.6 is 0 Å². The minimum atomic E-state index is -1.13. The van der Waals surface area contributed by atoms with Gasteiger partial charge in [-0.15, -0.1) is 0 Å². The number of carbonyl (C=O) groups excluding carboxylic acids is 1. The Morgan fingerprint density at radius 3 is 2.64 bits per heavy atom. The van der Waals surface area contributed by atoms with Crippen molar-refractivity contribution in [1.29, 1.82) is 0 Å². The summed E-state index contributed by atoms with van der Waals surface area (Å²) in [4.78, 5) is 22.8. The van der Waals surface area contributed by atoms with Gasteiger partial charge >= 0.3 is 12.1 Å². The van der Waals surface area contributed by atoms with Crippen LogP contribution in [0.4, 0.5) is 4.79 Å². The first-order valence-electron chi connectivity index (χ1n) is 6.69. The van der Waals surface area contributed by atoms with Gasteiger partial charge in [-0.3, -0.25) is 4.68 Å². The Morgan fingerprint density at radius 1 is 1.32 bits per heavy atom. The first kappa shape index (κ1) is 15.6. The number of aromatic carboxylic acids is 1. The highest BCUT2D eigenvalue weighted by Gasteiger charge is 2.19. The van der Waals surface area contributed by atoms with Crippen molar-refractivity contribution in [3.63, 3.8) is 0 Å². The number of hydrogen-bond acceptors (Lipinski definition) is 4. The highest BCUT2D eigenvalue weighted by atomic mass is 16.5. The zero-order valence-electron chi connectivity index (χ0n) is 12.4. The molecule has 7 nitrogen and oxygen atoms in total. The lowest BCUT2D eigenvalue weighted by molar-refractivity contribution is 0.0687. The fraction of sp³-hybridized carbons (Fsp3) is 0.267. The molecule has 0 saturated carbocycles. The summed E-state index contributed by atoms with van der Waals surface area (Å²) >= 11 is 0. The topological polar surface area (TPSA) is 93.4 Å². The van der Waals surface area contributed by atoms with Crippen molar-refractivity contribution in [2.45, 2.75) is 20.1 Å². The van der Waals surface area contributed by atoms with E-state index in [0.717, 1.165) is 5.56 Å². The maximum Gasteiger partial charge on any atom is 0.407 e. The van der Waals surface area contributed by atoms with Crippen molar-refractivity contribution in [2.24, 2.45) is 7.05 Å². The second-order valence-electron chi connectivity index (χ2n) is 4.76. The highest BCUT2D eigenvalue weighted by Crippen LogP contribution is 2.12. The quantitative estimate of drug-likeness (QED) is 0.879.